The van der Waals surface area contributed by atoms with Crippen molar-refractivity contribution in [2.45, 2.75) is 24.9 Å². The van der Waals surface area contributed by atoms with Gasteiger partial charge in [0.2, 0.25) is 0 Å². The molecule has 0 aromatic heterocycles. The number of aliphatic carboxylic acids is 1. The van der Waals surface area contributed by atoms with E-state index in [9.17, 15) is 18.0 Å². The van der Waals surface area contributed by atoms with E-state index in [1.807, 2.05) is 0 Å². The van der Waals surface area contributed by atoms with E-state index < -0.39 is 29.5 Å². The minimum atomic E-state index is -5.02. The summed E-state index contributed by atoms with van der Waals surface area (Å²) in [6.07, 6.45) is -6.38. The Hall–Kier alpha value is -1.74. The molecule has 0 spiro atoms. The topological polar surface area (TPSA) is 61.1 Å². The van der Waals surface area contributed by atoms with Crippen LogP contribution in [0.5, 0.6) is 0 Å². The maximum atomic E-state index is 13.2. The van der Waals surface area contributed by atoms with Crippen LogP contribution in [0.3, 0.4) is 0 Å². The largest absolute Gasteiger partial charge is 0.481 e. The molecule has 0 fully saturated rings. The third-order valence-corrected chi connectivity index (χ3v) is 2.84. The van der Waals surface area contributed by atoms with Crippen molar-refractivity contribution in [2.24, 2.45) is 0 Å². The molecule has 0 saturated carbocycles. The zero-order chi connectivity index (χ0) is 14.8. The summed E-state index contributed by atoms with van der Waals surface area (Å²) in [5.41, 5.74) is -3.15. The predicted octanol–water partition coefficient (Wildman–Crippen LogP) is 3.45. The number of hydrogen-bond acceptors (Lipinski definition) is 2. The lowest BCUT2D eigenvalue weighted by Gasteiger charge is -2.28. The average molecular weight is 292 g/mol. The molecule has 3 nitrogen and oxygen atoms in total. The van der Waals surface area contributed by atoms with Crippen LogP contribution in [0.15, 0.2) is 18.2 Å². The average Bonchev–Trinajstić information content (AvgIpc) is 2.22. The molecule has 0 aliphatic heterocycles. The Morgan fingerprint density at radius 2 is 2.00 bits per heavy atom. The maximum Gasteiger partial charge on any atom is 0.411 e. The highest BCUT2D eigenvalue weighted by Gasteiger charge is 2.58. The molecule has 1 atom stereocenters. The quantitative estimate of drug-likeness (QED) is 0.928. The highest BCUT2D eigenvalue weighted by Crippen LogP contribution is 2.44. The standard InChI is InChI=1S/C12H9ClF3NO2/c1-7-2-8(4-9(13)3-7)11(6-17,5-10(18)19)12(14,15)16/h2-4H,5H2,1H3,(H,18,19). The van der Waals surface area contributed by atoms with Crippen LogP contribution in [0.25, 0.3) is 0 Å². The minimum Gasteiger partial charge on any atom is -0.481 e. The second kappa shape index (κ2) is 5.10. The number of carboxylic acids is 1. The Bertz CT molecular complexity index is 531. The summed E-state index contributed by atoms with van der Waals surface area (Å²) in [6.45, 7) is 1.51. The van der Waals surface area contributed by atoms with Crippen LogP contribution in [0, 0.1) is 18.3 Å². The van der Waals surface area contributed by atoms with Crippen molar-refractivity contribution < 1.29 is 23.1 Å². The summed E-state index contributed by atoms with van der Waals surface area (Å²) < 4.78 is 39.5. The molecule has 1 aromatic carbocycles. The molecular weight excluding hydrogens is 283 g/mol. The molecule has 0 heterocycles. The van der Waals surface area contributed by atoms with Crippen molar-refractivity contribution in [2.75, 3.05) is 0 Å². The van der Waals surface area contributed by atoms with Crippen molar-refractivity contribution in [3.63, 3.8) is 0 Å². The third kappa shape index (κ3) is 2.99. The van der Waals surface area contributed by atoms with Gasteiger partial charge in [0.15, 0.2) is 5.41 Å². The summed E-state index contributed by atoms with van der Waals surface area (Å²) in [4.78, 5) is 10.7. The molecule has 102 valence electrons. The van der Waals surface area contributed by atoms with Crippen LogP contribution in [0.2, 0.25) is 5.02 Å². The van der Waals surface area contributed by atoms with E-state index in [4.69, 9.17) is 22.0 Å². The van der Waals surface area contributed by atoms with Gasteiger partial charge in [-0.25, -0.2) is 0 Å². The fourth-order valence-electron chi connectivity index (χ4n) is 1.74. The van der Waals surface area contributed by atoms with Crippen LogP contribution in [-0.4, -0.2) is 17.3 Å². The molecular formula is C12H9ClF3NO2. The first-order valence-corrected chi connectivity index (χ1v) is 5.47. The van der Waals surface area contributed by atoms with Gasteiger partial charge >= 0.3 is 12.1 Å². The lowest BCUT2D eigenvalue weighted by Crippen LogP contribution is -2.43. The maximum absolute atomic E-state index is 13.2. The number of hydrogen-bond donors (Lipinski definition) is 1. The van der Waals surface area contributed by atoms with Gasteiger partial charge in [0.05, 0.1) is 12.5 Å². The Morgan fingerprint density at radius 3 is 2.37 bits per heavy atom. The van der Waals surface area contributed by atoms with Gasteiger partial charge < -0.3 is 5.11 Å². The Morgan fingerprint density at radius 1 is 1.42 bits per heavy atom. The molecule has 0 saturated heterocycles. The van der Waals surface area contributed by atoms with E-state index in [-0.39, 0.29) is 5.02 Å². The number of aryl methyl sites for hydroxylation is 1. The smallest absolute Gasteiger partial charge is 0.411 e. The molecule has 19 heavy (non-hydrogen) atoms. The van der Waals surface area contributed by atoms with Crippen LogP contribution >= 0.6 is 11.6 Å². The molecule has 0 aliphatic rings. The first-order valence-electron chi connectivity index (χ1n) is 5.10. The second-order valence-corrected chi connectivity index (χ2v) is 4.54. The van der Waals surface area contributed by atoms with E-state index in [0.29, 0.717) is 5.56 Å². The lowest BCUT2D eigenvalue weighted by molar-refractivity contribution is -0.182. The summed E-state index contributed by atoms with van der Waals surface area (Å²) in [5.74, 6) is -1.71. The first-order chi connectivity index (χ1) is 8.62. The van der Waals surface area contributed by atoms with Crippen LogP contribution in [-0.2, 0) is 10.2 Å². The summed E-state index contributed by atoms with van der Waals surface area (Å²) in [5, 5.41) is 17.6. The van der Waals surface area contributed by atoms with Crippen molar-refractivity contribution in [1.82, 2.24) is 0 Å². The van der Waals surface area contributed by atoms with E-state index in [1.54, 1.807) is 0 Å². The van der Waals surface area contributed by atoms with Crippen molar-refractivity contribution in [3.8, 4) is 6.07 Å². The minimum absolute atomic E-state index is 0.0178. The van der Waals surface area contributed by atoms with Crippen LogP contribution in [0.4, 0.5) is 13.2 Å². The van der Waals surface area contributed by atoms with E-state index >= 15 is 0 Å². The number of nitriles is 1. The Labute approximate surface area is 112 Å². The van der Waals surface area contributed by atoms with Gasteiger partial charge in [-0.15, -0.1) is 0 Å². The highest BCUT2D eigenvalue weighted by atomic mass is 35.5. The van der Waals surface area contributed by atoms with Gasteiger partial charge in [-0.05, 0) is 30.2 Å². The Kier molecular flexibility index (Phi) is 4.11. The van der Waals surface area contributed by atoms with E-state index in [1.165, 1.54) is 13.0 Å². The normalized spacial score (nSPS) is 14.5. The fraction of sp³-hybridized carbons (Fsp3) is 0.333. The van der Waals surface area contributed by atoms with Gasteiger partial charge in [0, 0.05) is 5.02 Å². The second-order valence-electron chi connectivity index (χ2n) is 4.10. The number of carbonyl (C=O) groups is 1. The number of nitrogens with zero attached hydrogens (tertiary/aromatic N) is 1. The zero-order valence-corrected chi connectivity index (χ0v) is 10.5. The molecule has 0 aliphatic carbocycles. The van der Waals surface area contributed by atoms with Crippen LogP contribution < -0.4 is 0 Å². The fourth-order valence-corrected chi connectivity index (χ4v) is 2.03. The monoisotopic (exact) mass is 291 g/mol. The summed E-state index contributed by atoms with van der Waals surface area (Å²) >= 11 is 5.68. The molecule has 1 aromatic rings. The molecule has 1 N–H and O–H groups in total. The van der Waals surface area contributed by atoms with E-state index in [0.717, 1.165) is 18.2 Å². The Balaban J connectivity index is 3.55. The van der Waals surface area contributed by atoms with Gasteiger partial charge in [-0.1, -0.05) is 17.7 Å². The third-order valence-electron chi connectivity index (χ3n) is 2.63. The zero-order valence-electron chi connectivity index (χ0n) is 9.75. The lowest BCUT2D eigenvalue weighted by atomic mass is 9.77. The molecule has 0 bridgehead atoms. The van der Waals surface area contributed by atoms with Gasteiger partial charge in [0.25, 0.3) is 0 Å². The van der Waals surface area contributed by atoms with Gasteiger partial charge in [-0.3, -0.25) is 4.79 Å². The number of alkyl halides is 3. The number of carboxylic acid groups (broad SMARTS) is 1. The molecule has 0 amide bonds. The van der Waals surface area contributed by atoms with Crippen LogP contribution in [0.1, 0.15) is 17.5 Å². The van der Waals surface area contributed by atoms with Crippen molar-refractivity contribution >= 4 is 17.6 Å². The molecule has 7 heteroatoms. The summed E-state index contributed by atoms with van der Waals surface area (Å²) in [6, 6.07) is 4.60. The SMILES string of the molecule is Cc1cc(Cl)cc(C(C#N)(CC(=O)O)C(F)(F)F)c1. The number of rotatable bonds is 3. The molecule has 0 radical (unpaired) electrons. The number of halogens is 4. The first kappa shape index (κ1) is 15.3. The van der Waals surface area contributed by atoms with Gasteiger partial charge in [-0.2, -0.15) is 18.4 Å². The van der Waals surface area contributed by atoms with Crippen molar-refractivity contribution in [3.05, 3.63) is 34.3 Å². The molecule has 1 rings (SSSR count). The number of benzene rings is 1. The van der Waals surface area contributed by atoms with Crippen molar-refractivity contribution in [1.29, 1.82) is 5.26 Å². The summed E-state index contributed by atoms with van der Waals surface area (Å²) in [7, 11) is 0. The predicted molar refractivity (Wildman–Crippen MR) is 61.8 cm³/mol. The van der Waals surface area contributed by atoms with E-state index in [2.05, 4.69) is 0 Å². The van der Waals surface area contributed by atoms with Gasteiger partial charge in [0.1, 0.15) is 0 Å². The highest BCUT2D eigenvalue weighted by molar-refractivity contribution is 6.30. The molecule has 1 unspecified atom stereocenters.